The van der Waals surface area contributed by atoms with E-state index in [0.29, 0.717) is 25.4 Å². The first-order valence-electron chi connectivity index (χ1n) is 7.89. The third-order valence-corrected chi connectivity index (χ3v) is 4.24. The van der Waals surface area contributed by atoms with E-state index in [9.17, 15) is 0 Å². The van der Waals surface area contributed by atoms with Gasteiger partial charge >= 0.3 is 0 Å². The summed E-state index contributed by atoms with van der Waals surface area (Å²) < 4.78 is 18.1. The number of aryl methyl sites for hydroxylation is 1. The SMILES string of the molecule is Cc1ccc(OCCOCCN2C[C@H](C)O[C@@H](C)C2)c(Br)c1. The number of benzene rings is 1. The molecule has 0 aromatic heterocycles. The molecule has 124 valence electrons. The third-order valence-electron chi connectivity index (χ3n) is 3.62. The van der Waals surface area contributed by atoms with Gasteiger partial charge in [-0.1, -0.05) is 6.07 Å². The lowest BCUT2D eigenvalue weighted by atomic mass is 10.2. The van der Waals surface area contributed by atoms with Gasteiger partial charge in [-0.15, -0.1) is 0 Å². The van der Waals surface area contributed by atoms with Crippen molar-refractivity contribution in [3.05, 3.63) is 28.2 Å². The summed E-state index contributed by atoms with van der Waals surface area (Å²) in [6.45, 7) is 11.1. The van der Waals surface area contributed by atoms with Gasteiger partial charge in [-0.2, -0.15) is 0 Å². The van der Waals surface area contributed by atoms with E-state index in [0.717, 1.165) is 36.5 Å². The van der Waals surface area contributed by atoms with Crippen molar-refractivity contribution in [1.29, 1.82) is 0 Å². The second-order valence-electron chi connectivity index (χ2n) is 5.91. The molecule has 0 N–H and O–H groups in total. The zero-order valence-electron chi connectivity index (χ0n) is 13.7. The van der Waals surface area contributed by atoms with Crippen molar-refractivity contribution in [2.45, 2.75) is 33.0 Å². The van der Waals surface area contributed by atoms with Gasteiger partial charge in [0.25, 0.3) is 0 Å². The van der Waals surface area contributed by atoms with Gasteiger partial charge in [0.2, 0.25) is 0 Å². The average molecular weight is 372 g/mol. The van der Waals surface area contributed by atoms with Crippen LogP contribution in [0.4, 0.5) is 0 Å². The van der Waals surface area contributed by atoms with E-state index < -0.39 is 0 Å². The normalized spacial score (nSPS) is 22.7. The van der Waals surface area contributed by atoms with Crippen LogP contribution in [0.5, 0.6) is 5.75 Å². The average Bonchev–Trinajstić information content (AvgIpc) is 2.43. The molecule has 1 aromatic rings. The summed E-state index contributed by atoms with van der Waals surface area (Å²) in [6.07, 6.45) is 0.622. The van der Waals surface area contributed by atoms with Crippen LogP contribution in [-0.2, 0) is 9.47 Å². The van der Waals surface area contributed by atoms with Crippen LogP contribution in [0.25, 0.3) is 0 Å². The summed E-state index contributed by atoms with van der Waals surface area (Å²) in [4.78, 5) is 2.40. The molecule has 22 heavy (non-hydrogen) atoms. The number of rotatable bonds is 7. The minimum Gasteiger partial charge on any atom is -0.490 e. The Morgan fingerprint density at radius 3 is 2.59 bits per heavy atom. The van der Waals surface area contributed by atoms with Gasteiger partial charge in [0.1, 0.15) is 12.4 Å². The summed E-state index contributed by atoms with van der Waals surface area (Å²) in [6, 6.07) is 6.08. The fourth-order valence-electron chi connectivity index (χ4n) is 2.70. The number of hydrogen-bond acceptors (Lipinski definition) is 4. The van der Waals surface area contributed by atoms with Gasteiger partial charge in [-0.05, 0) is 54.4 Å². The van der Waals surface area contributed by atoms with E-state index >= 15 is 0 Å². The Kier molecular flexibility index (Phi) is 7.15. The van der Waals surface area contributed by atoms with Crippen molar-refractivity contribution < 1.29 is 14.2 Å². The third kappa shape index (κ3) is 5.88. The molecule has 0 unspecified atom stereocenters. The minimum absolute atomic E-state index is 0.311. The van der Waals surface area contributed by atoms with E-state index in [4.69, 9.17) is 14.2 Å². The van der Waals surface area contributed by atoms with Crippen LogP contribution in [0.1, 0.15) is 19.4 Å². The van der Waals surface area contributed by atoms with Crippen LogP contribution in [0.15, 0.2) is 22.7 Å². The van der Waals surface area contributed by atoms with E-state index in [1.165, 1.54) is 5.56 Å². The minimum atomic E-state index is 0.311. The van der Waals surface area contributed by atoms with E-state index in [2.05, 4.69) is 47.7 Å². The van der Waals surface area contributed by atoms with Crippen LogP contribution < -0.4 is 4.74 Å². The van der Waals surface area contributed by atoms with Gasteiger partial charge in [-0.25, -0.2) is 0 Å². The van der Waals surface area contributed by atoms with E-state index in [1.54, 1.807) is 0 Å². The molecular weight excluding hydrogens is 346 g/mol. The largest absolute Gasteiger partial charge is 0.490 e. The van der Waals surface area contributed by atoms with E-state index in [1.807, 2.05) is 12.1 Å². The highest BCUT2D eigenvalue weighted by Crippen LogP contribution is 2.25. The van der Waals surface area contributed by atoms with Gasteiger partial charge < -0.3 is 14.2 Å². The van der Waals surface area contributed by atoms with Gasteiger partial charge in [-0.3, -0.25) is 4.90 Å². The Morgan fingerprint density at radius 2 is 1.91 bits per heavy atom. The van der Waals surface area contributed by atoms with Crippen molar-refractivity contribution in [1.82, 2.24) is 4.90 Å². The van der Waals surface area contributed by atoms with Crippen LogP contribution in [0, 0.1) is 6.92 Å². The summed E-state index contributed by atoms with van der Waals surface area (Å²) in [5, 5.41) is 0. The number of hydrogen-bond donors (Lipinski definition) is 0. The van der Waals surface area contributed by atoms with Crippen LogP contribution in [-0.4, -0.2) is 56.6 Å². The van der Waals surface area contributed by atoms with Gasteiger partial charge in [0.05, 0.1) is 29.9 Å². The molecule has 1 saturated heterocycles. The fraction of sp³-hybridized carbons (Fsp3) is 0.647. The van der Waals surface area contributed by atoms with Crippen molar-refractivity contribution in [2.24, 2.45) is 0 Å². The second kappa shape index (κ2) is 8.87. The molecule has 5 heteroatoms. The molecule has 1 aliphatic heterocycles. The zero-order valence-corrected chi connectivity index (χ0v) is 15.3. The molecular formula is C17H26BrNO3. The van der Waals surface area contributed by atoms with E-state index in [-0.39, 0.29) is 0 Å². The summed E-state index contributed by atoms with van der Waals surface area (Å²) in [7, 11) is 0. The smallest absolute Gasteiger partial charge is 0.133 e. The molecule has 2 rings (SSSR count). The molecule has 4 nitrogen and oxygen atoms in total. The van der Waals surface area contributed by atoms with Crippen molar-refractivity contribution >= 4 is 15.9 Å². The molecule has 1 fully saturated rings. The maximum Gasteiger partial charge on any atom is 0.133 e. The first-order chi connectivity index (χ1) is 10.5. The number of nitrogens with zero attached hydrogens (tertiary/aromatic N) is 1. The molecule has 1 aliphatic rings. The van der Waals surface area contributed by atoms with Gasteiger partial charge in [0.15, 0.2) is 0 Å². The maximum absolute atomic E-state index is 5.72. The molecule has 0 aliphatic carbocycles. The Bertz CT molecular complexity index is 459. The molecule has 1 aromatic carbocycles. The Balaban J connectivity index is 1.57. The Morgan fingerprint density at radius 1 is 1.18 bits per heavy atom. The van der Waals surface area contributed by atoms with Crippen molar-refractivity contribution in [3.63, 3.8) is 0 Å². The highest BCUT2D eigenvalue weighted by Gasteiger charge is 2.21. The van der Waals surface area contributed by atoms with Crippen LogP contribution in [0.2, 0.25) is 0 Å². The number of ether oxygens (including phenoxy) is 3. The monoisotopic (exact) mass is 371 g/mol. The van der Waals surface area contributed by atoms with Crippen molar-refractivity contribution in [2.75, 3.05) is 39.5 Å². The highest BCUT2D eigenvalue weighted by molar-refractivity contribution is 9.10. The topological polar surface area (TPSA) is 30.9 Å². The first kappa shape index (κ1) is 17.7. The summed E-state index contributed by atoms with van der Waals surface area (Å²) in [5.74, 6) is 0.866. The first-order valence-corrected chi connectivity index (χ1v) is 8.68. The van der Waals surface area contributed by atoms with Crippen molar-refractivity contribution in [3.8, 4) is 5.75 Å². The Labute approximate surface area is 141 Å². The number of halogens is 1. The lowest BCUT2D eigenvalue weighted by Gasteiger charge is -2.35. The summed E-state index contributed by atoms with van der Waals surface area (Å²) >= 11 is 3.51. The quantitative estimate of drug-likeness (QED) is 0.688. The molecule has 0 radical (unpaired) electrons. The molecule has 0 amide bonds. The predicted molar refractivity (Wildman–Crippen MR) is 91.6 cm³/mol. The lowest BCUT2D eigenvalue weighted by molar-refractivity contribution is -0.0734. The molecule has 0 bridgehead atoms. The number of morpholine rings is 1. The fourth-order valence-corrected chi connectivity index (χ4v) is 3.30. The molecule has 0 spiro atoms. The van der Waals surface area contributed by atoms with Crippen LogP contribution in [0.3, 0.4) is 0 Å². The predicted octanol–water partition coefficient (Wildman–Crippen LogP) is 3.26. The Hall–Kier alpha value is -0.620. The van der Waals surface area contributed by atoms with Gasteiger partial charge in [0, 0.05) is 19.6 Å². The zero-order chi connectivity index (χ0) is 15.9. The highest BCUT2D eigenvalue weighted by atomic mass is 79.9. The summed E-state index contributed by atoms with van der Waals surface area (Å²) in [5.41, 5.74) is 1.21. The maximum atomic E-state index is 5.72. The molecule has 1 heterocycles. The molecule has 0 saturated carbocycles. The lowest BCUT2D eigenvalue weighted by Crippen LogP contribution is -2.46. The molecule has 2 atom stereocenters. The standard InChI is InChI=1S/C17H26BrNO3/c1-13-4-5-17(16(18)10-13)21-9-8-20-7-6-19-11-14(2)22-15(3)12-19/h4-5,10,14-15H,6-9,11-12H2,1-3H3/t14-,15-/m0/s1. The van der Waals surface area contributed by atoms with Crippen LogP contribution >= 0.6 is 15.9 Å². The second-order valence-corrected chi connectivity index (χ2v) is 6.77.